The highest BCUT2D eigenvalue weighted by Crippen LogP contribution is 2.46. The van der Waals surface area contributed by atoms with Gasteiger partial charge in [0.1, 0.15) is 11.9 Å². The van der Waals surface area contributed by atoms with Gasteiger partial charge in [0.25, 0.3) is 5.91 Å². The third kappa shape index (κ3) is 4.75. The van der Waals surface area contributed by atoms with E-state index in [1.165, 1.54) is 0 Å². The van der Waals surface area contributed by atoms with Crippen LogP contribution in [0.4, 0.5) is 11.4 Å². The molecule has 3 aliphatic rings. The van der Waals surface area contributed by atoms with Crippen molar-refractivity contribution in [3.63, 3.8) is 0 Å². The molecule has 182 valence electrons. The summed E-state index contributed by atoms with van der Waals surface area (Å²) in [5.74, 6) is 0.261. The maximum atomic E-state index is 12.8. The number of halogens is 1. The molecule has 0 radical (unpaired) electrons. The van der Waals surface area contributed by atoms with Crippen LogP contribution in [0.3, 0.4) is 0 Å². The number of Topliss-reactive ketones (excluding diaryl/α,β-unsaturated/α-hetero) is 1. The van der Waals surface area contributed by atoms with Gasteiger partial charge in [0.05, 0.1) is 10.6 Å². The van der Waals surface area contributed by atoms with Crippen LogP contribution in [0.25, 0.3) is 0 Å². The van der Waals surface area contributed by atoms with Crippen molar-refractivity contribution in [2.24, 2.45) is 5.41 Å². The molecular formula is C28H31ClN4O2. The molecule has 2 aromatic rings. The number of carbonyl (C=O) groups is 2. The molecule has 3 saturated heterocycles. The van der Waals surface area contributed by atoms with Crippen LogP contribution in [0.1, 0.15) is 54.9 Å². The van der Waals surface area contributed by atoms with Gasteiger partial charge < -0.3 is 14.7 Å². The van der Waals surface area contributed by atoms with Gasteiger partial charge in [0.15, 0.2) is 0 Å². The Labute approximate surface area is 212 Å². The molecule has 0 N–H and O–H groups in total. The van der Waals surface area contributed by atoms with Gasteiger partial charge in [0.2, 0.25) is 0 Å². The quantitative estimate of drug-likeness (QED) is 0.612. The van der Waals surface area contributed by atoms with Gasteiger partial charge in [-0.15, -0.1) is 0 Å². The molecule has 0 bridgehead atoms. The average molecular weight is 491 g/mol. The average Bonchev–Trinajstić information content (AvgIpc) is 3.20. The second kappa shape index (κ2) is 9.54. The maximum absolute atomic E-state index is 12.8. The Morgan fingerprint density at radius 2 is 1.69 bits per heavy atom. The van der Waals surface area contributed by atoms with E-state index < -0.39 is 0 Å². The lowest BCUT2D eigenvalue weighted by Crippen LogP contribution is -2.41. The largest absolute Gasteiger partial charge is 0.371 e. The molecule has 35 heavy (non-hydrogen) atoms. The zero-order valence-corrected chi connectivity index (χ0v) is 20.9. The molecule has 6 nitrogen and oxygen atoms in total. The van der Waals surface area contributed by atoms with Crippen molar-refractivity contribution >= 4 is 34.7 Å². The van der Waals surface area contributed by atoms with Crippen molar-refractivity contribution in [2.75, 3.05) is 42.5 Å². The van der Waals surface area contributed by atoms with Crippen molar-refractivity contribution in [3.8, 4) is 6.07 Å². The van der Waals surface area contributed by atoms with E-state index in [0.717, 1.165) is 50.3 Å². The number of amides is 1. The van der Waals surface area contributed by atoms with Crippen molar-refractivity contribution in [2.45, 2.75) is 45.1 Å². The molecule has 1 unspecified atom stereocenters. The van der Waals surface area contributed by atoms with Crippen LogP contribution >= 0.6 is 11.6 Å². The van der Waals surface area contributed by atoms with E-state index in [1.807, 2.05) is 30.3 Å². The number of ketones is 1. The summed E-state index contributed by atoms with van der Waals surface area (Å²) in [5, 5.41) is 9.69. The molecule has 7 heteroatoms. The lowest BCUT2D eigenvalue weighted by molar-refractivity contribution is -0.120. The summed E-state index contributed by atoms with van der Waals surface area (Å²) >= 11 is 6.31. The third-order valence-electron chi connectivity index (χ3n) is 8.08. The summed E-state index contributed by atoms with van der Waals surface area (Å²) in [6.45, 7) is 6.33. The number of piperidine rings is 2. The number of hydrogen-bond acceptors (Lipinski definition) is 5. The van der Waals surface area contributed by atoms with Crippen LogP contribution in [0.15, 0.2) is 42.5 Å². The van der Waals surface area contributed by atoms with Gasteiger partial charge in [0, 0.05) is 68.5 Å². The fourth-order valence-electron chi connectivity index (χ4n) is 6.00. The van der Waals surface area contributed by atoms with E-state index in [-0.39, 0.29) is 17.1 Å². The zero-order valence-electron chi connectivity index (χ0n) is 20.2. The Hall–Kier alpha value is -3.04. The van der Waals surface area contributed by atoms with E-state index in [9.17, 15) is 14.9 Å². The molecule has 0 aromatic heterocycles. The van der Waals surface area contributed by atoms with E-state index in [2.05, 4.69) is 34.9 Å². The summed E-state index contributed by atoms with van der Waals surface area (Å²) in [6.07, 6.45) is 4.34. The molecule has 5 rings (SSSR count). The van der Waals surface area contributed by atoms with Crippen molar-refractivity contribution in [1.29, 1.82) is 5.26 Å². The first-order valence-corrected chi connectivity index (χ1v) is 12.9. The molecule has 3 aliphatic heterocycles. The SMILES string of the molecule is CC1CC2(CCN(c3ccc(C(=O)N4CCC(=O)CC4)cc3)CC2)CN1c1ccc(C#N)c(Cl)c1. The predicted molar refractivity (Wildman–Crippen MR) is 138 cm³/mol. The second-order valence-corrected chi connectivity index (χ2v) is 10.7. The first-order valence-electron chi connectivity index (χ1n) is 12.5. The van der Waals surface area contributed by atoms with Crippen LogP contribution < -0.4 is 9.80 Å². The van der Waals surface area contributed by atoms with Gasteiger partial charge in [-0.2, -0.15) is 5.26 Å². The minimum absolute atomic E-state index is 0.0181. The van der Waals surface area contributed by atoms with Crippen molar-refractivity contribution < 1.29 is 9.59 Å². The molecule has 0 saturated carbocycles. The van der Waals surface area contributed by atoms with E-state index in [1.54, 1.807) is 4.90 Å². The van der Waals surface area contributed by atoms with Crippen LogP contribution in [-0.4, -0.2) is 55.4 Å². The summed E-state index contributed by atoms with van der Waals surface area (Å²) in [5.41, 5.74) is 3.76. The first kappa shape index (κ1) is 23.7. The van der Waals surface area contributed by atoms with Crippen LogP contribution in [0.2, 0.25) is 5.02 Å². The van der Waals surface area contributed by atoms with Gasteiger partial charge in [-0.05, 0) is 74.1 Å². The molecule has 2 aromatic carbocycles. The predicted octanol–water partition coefficient (Wildman–Crippen LogP) is 4.90. The Kier molecular flexibility index (Phi) is 6.46. The topological polar surface area (TPSA) is 67.7 Å². The minimum Gasteiger partial charge on any atom is -0.371 e. The Bertz CT molecular complexity index is 1150. The number of rotatable bonds is 3. The normalized spacial score (nSPS) is 21.9. The number of anilines is 2. The first-order chi connectivity index (χ1) is 16.9. The Morgan fingerprint density at radius 3 is 2.31 bits per heavy atom. The lowest BCUT2D eigenvalue weighted by Gasteiger charge is -2.40. The van der Waals surface area contributed by atoms with Crippen LogP contribution in [0, 0.1) is 16.7 Å². The van der Waals surface area contributed by atoms with Gasteiger partial charge in [-0.3, -0.25) is 9.59 Å². The highest BCUT2D eigenvalue weighted by atomic mass is 35.5. The molecule has 1 atom stereocenters. The molecule has 1 amide bonds. The molecule has 0 aliphatic carbocycles. The van der Waals surface area contributed by atoms with Crippen molar-refractivity contribution in [3.05, 3.63) is 58.6 Å². The zero-order chi connectivity index (χ0) is 24.6. The van der Waals surface area contributed by atoms with Gasteiger partial charge >= 0.3 is 0 Å². The number of nitriles is 1. The number of benzene rings is 2. The monoisotopic (exact) mass is 490 g/mol. The lowest BCUT2D eigenvalue weighted by atomic mass is 9.76. The minimum atomic E-state index is 0.0181. The number of hydrogen-bond donors (Lipinski definition) is 0. The smallest absolute Gasteiger partial charge is 0.253 e. The standard InChI is InChI=1S/C28H31ClN4O2/c1-20-17-28(19-33(20)24-7-4-22(18-30)26(29)16-24)10-14-31(15-11-28)23-5-2-21(3-6-23)27(35)32-12-8-25(34)9-13-32/h2-7,16,20H,8-15,17,19H2,1H3. The van der Waals surface area contributed by atoms with E-state index in [0.29, 0.717) is 48.1 Å². The molecule has 1 spiro atoms. The highest BCUT2D eigenvalue weighted by Gasteiger charge is 2.44. The summed E-state index contributed by atoms with van der Waals surface area (Å²) in [7, 11) is 0. The second-order valence-electron chi connectivity index (χ2n) is 10.3. The fourth-order valence-corrected chi connectivity index (χ4v) is 6.21. The molecule has 3 heterocycles. The third-order valence-corrected chi connectivity index (χ3v) is 8.40. The van der Waals surface area contributed by atoms with Gasteiger partial charge in [-0.25, -0.2) is 0 Å². The van der Waals surface area contributed by atoms with Crippen molar-refractivity contribution in [1.82, 2.24) is 4.90 Å². The van der Waals surface area contributed by atoms with Crippen LogP contribution in [0.5, 0.6) is 0 Å². The summed E-state index contributed by atoms with van der Waals surface area (Å²) in [6, 6.07) is 16.3. The number of likely N-dealkylation sites (tertiary alicyclic amines) is 1. The fraction of sp³-hybridized carbons (Fsp3) is 0.464. The Morgan fingerprint density at radius 1 is 1.03 bits per heavy atom. The summed E-state index contributed by atoms with van der Waals surface area (Å²) in [4.78, 5) is 30.9. The van der Waals surface area contributed by atoms with Gasteiger partial charge in [-0.1, -0.05) is 11.6 Å². The molecule has 3 fully saturated rings. The Balaban J connectivity index is 1.20. The highest BCUT2D eigenvalue weighted by molar-refractivity contribution is 6.32. The molecular weight excluding hydrogens is 460 g/mol. The maximum Gasteiger partial charge on any atom is 0.253 e. The number of nitrogens with zero attached hydrogens (tertiary/aromatic N) is 4. The van der Waals surface area contributed by atoms with Crippen LogP contribution in [-0.2, 0) is 4.79 Å². The van der Waals surface area contributed by atoms with E-state index >= 15 is 0 Å². The summed E-state index contributed by atoms with van der Waals surface area (Å²) < 4.78 is 0. The number of carbonyl (C=O) groups excluding carboxylic acids is 2. The van der Waals surface area contributed by atoms with E-state index in [4.69, 9.17) is 11.6 Å².